The third kappa shape index (κ3) is 17.5. The summed E-state index contributed by atoms with van der Waals surface area (Å²) >= 11 is 0. The topological polar surface area (TPSA) is 256 Å². The maximum Gasteiger partial charge on any atom is 0.490 e. The zero-order valence-electron chi connectivity index (χ0n) is 28.1. The number of aromatic nitrogens is 2. The van der Waals surface area contributed by atoms with Crippen molar-refractivity contribution in [3.8, 4) is 11.3 Å². The SMILES string of the molecule is CC(C)NC(=O)c1cc(N)cc(-c2cnc(NC(C)C)c(=O)n2CC(=O)NCc2ccc(C(=N)N)cc2)c1.FC(F)F.O=C(O)C(F)(F)F.O=CO. The lowest BCUT2D eigenvalue weighted by molar-refractivity contribution is -0.192. The van der Waals surface area contributed by atoms with Crippen molar-refractivity contribution < 1.29 is 55.7 Å². The van der Waals surface area contributed by atoms with Crippen molar-refractivity contribution in [2.24, 2.45) is 5.73 Å². The van der Waals surface area contributed by atoms with Crippen LogP contribution in [0.5, 0.6) is 0 Å². The average Bonchev–Trinajstić information content (AvgIpc) is 3.01. The van der Waals surface area contributed by atoms with Crippen LogP contribution in [-0.4, -0.2) is 74.8 Å². The molecule has 1 aromatic heterocycles. The van der Waals surface area contributed by atoms with Crippen LogP contribution < -0.4 is 33.0 Å². The second kappa shape index (κ2) is 21.8. The van der Waals surface area contributed by atoms with E-state index in [2.05, 4.69) is 20.9 Å². The molecule has 2 amide bonds. The van der Waals surface area contributed by atoms with E-state index >= 15 is 0 Å². The van der Waals surface area contributed by atoms with Crippen molar-refractivity contribution >= 4 is 41.6 Å². The van der Waals surface area contributed by atoms with Gasteiger partial charge < -0.3 is 37.6 Å². The monoisotopic (exact) mass is 748 g/mol. The van der Waals surface area contributed by atoms with Crippen molar-refractivity contribution in [2.45, 2.75) is 65.7 Å². The van der Waals surface area contributed by atoms with Crippen LogP contribution in [0, 0.1) is 5.41 Å². The molecular weight excluding hydrogens is 710 g/mol. The summed E-state index contributed by atoms with van der Waals surface area (Å²) in [6, 6.07) is 11.6. The quantitative estimate of drug-likeness (QED) is 0.0489. The van der Waals surface area contributed by atoms with Crippen molar-refractivity contribution in [2.75, 3.05) is 11.1 Å². The number of nitrogens with one attached hydrogen (secondary N) is 4. The van der Waals surface area contributed by atoms with Crippen LogP contribution >= 0.6 is 0 Å². The Morgan fingerprint density at radius 2 is 1.52 bits per heavy atom. The first-order chi connectivity index (χ1) is 24.0. The zero-order valence-corrected chi connectivity index (χ0v) is 28.1. The summed E-state index contributed by atoms with van der Waals surface area (Å²) in [4.78, 5) is 60.5. The van der Waals surface area contributed by atoms with Crippen LogP contribution in [0.1, 0.15) is 49.2 Å². The van der Waals surface area contributed by atoms with Gasteiger partial charge in [-0.1, -0.05) is 24.3 Å². The molecule has 21 heteroatoms. The molecule has 0 saturated heterocycles. The van der Waals surface area contributed by atoms with E-state index in [9.17, 15) is 40.7 Å². The molecule has 0 unspecified atom stereocenters. The number of carbonyl (C=O) groups excluding carboxylic acids is 2. The molecule has 15 nitrogen and oxygen atoms in total. The standard InChI is InChI=1S/C27H34N8O3.C2HF3O2.CHF3.CH2O2/c1-15(2)33-25-27(38)35(14-23(36)31-12-17-5-7-18(8-6-17)24(29)30)22(13-32-25)19-9-20(11-21(28)10-19)26(37)34-16(3)4;3-2(4,5)1(6)7;2-1(3)4;2-1-3/h5-11,13,15-16H,12,14,28H2,1-4H3,(H3,29,30)(H,31,36)(H,32,33)(H,34,37);(H,6,7);1H;1H,(H,2,3). The number of halogens is 6. The van der Waals surface area contributed by atoms with Gasteiger partial charge in [-0.05, 0) is 51.5 Å². The fourth-order valence-corrected chi connectivity index (χ4v) is 3.73. The Morgan fingerprint density at radius 3 is 1.96 bits per heavy atom. The summed E-state index contributed by atoms with van der Waals surface area (Å²) in [6.07, 6.45) is -3.60. The summed E-state index contributed by atoms with van der Waals surface area (Å²) in [6.45, 7) is 3.48. The Hall–Kier alpha value is -6.15. The maximum atomic E-state index is 13.4. The minimum absolute atomic E-state index is 0.0395. The molecule has 1 heterocycles. The molecule has 0 fully saturated rings. The lowest BCUT2D eigenvalue weighted by Gasteiger charge is -2.17. The highest BCUT2D eigenvalue weighted by atomic mass is 19.4. The second-order valence-corrected chi connectivity index (χ2v) is 10.7. The number of rotatable bonds is 10. The van der Waals surface area contributed by atoms with Crippen molar-refractivity contribution in [1.29, 1.82) is 5.41 Å². The van der Waals surface area contributed by atoms with Crippen molar-refractivity contribution in [3.05, 3.63) is 75.7 Å². The number of hydrogen-bond donors (Lipinski definition) is 8. The average molecular weight is 749 g/mol. The molecule has 0 radical (unpaired) electrons. The van der Waals surface area contributed by atoms with E-state index in [1.807, 2.05) is 27.7 Å². The van der Waals surface area contributed by atoms with Crippen LogP contribution in [0.25, 0.3) is 11.3 Å². The highest BCUT2D eigenvalue weighted by Gasteiger charge is 2.38. The highest BCUT2D eigenvalue weighted by Crippen LogP contribution is 2.23. The molecule has 0 bridgehead atoms. The van der Waals surface area contributed by atoms with Crippen LogP contribution in [-0.2, 0) is 27.5 Å². The number of nitrogen functional groups attached to an aromatic ring is 2. The number of hydrogen-bond acceptors (Lipinski definition) is 9. The molecule has 0 aliphatic rings. The number of nitrogens with two attached hydrogens (primary N) is 2. The van der Waals surface area contributed by atoms with E-state index in [0.717, 1.165) is 5.56 Å². The smallest absolute Gasteiger partial charge is 0.483 e. The van der Waals surface area contributed by atoms with Gasteiger partial charge in [-0.3, -0.25) is 29.2 Å². The number of carboxylic acid groups (broad SMARTS) is 2. The lowest BCUT2D eigenvalue weighted by Crippen LogP contribution is -2.35. The van der Waals surface area contributed by atoms with E-state index in [0.29, 0.717) is 28.1 Å². The lowest BCUT2D eigenvalue weighted by atomic mass is 10.1. The van der Waals surface area contributed by atoms with Gasteiger partial charge in [0.15, 0.2) is 5.82 Å². The van der Waals surface area contributed by atoms with Gasteiger partial charge >= 0.3 is 18.8 Å². The van der Waals surface area contributed by atoms with E-state index in [1.54, 1.807) is 42.5 Å². The first-order valence-electron chi connectivity index (χ1n) is 14.6. The largest absolute Gasteiger partial charge is 0.490 e. The third-order valence-electron chi connectivity index (χ3n) is 5.71. The van der Waals surface area contributed by atoms with Gasteiger partial charge in [0, 0.05) is 41.0 Å². The summed E-state index contributed by atoms with van der Waals surface area (Å²) < 4.78 is 62.0. The number of alkyl halides is 6. The maximum absolute atomic E-state index is 13.4. The Bertz CT molecular complexity index is 1710. The predicted octanol–water partition coefficient (Wildman–Crippen LogP) is 3.56. The van der Waals surface area contributed by atoms with Gasteiger partial charge in [0.25, 0.3) is 17.9 Å². The molecule has 10 N–H and O–H groups in total. The van der Waals surface area contributed by atoms with E-state index in [1.165, 1.54) is 10.8 Å². The number of aliphatic carboxylic acids is 1. The Labute approximate surface area is 292 Å². The fraction of sp³-hybridized carbons (Fsp3) is 0.323. The molecule has 286 valence electrons. The van der Waals surface area contributed by atoms with Crippen molar-refractivity contribution in [1.82, 2.24) is 20.2 Å². The molecule has 0 aliphatic carbocycles. The normalized spacial score (nSPS) is 10.4. The summed E-state index contributed by atoms with van der Waals surface area (Å²) in [5, 5.41) is 30.1. The summed E-state index contributed by atoms with van der Waals surface area (Å²) in [5.41, 5.74) is 14.0. The number of carbonyl (C=O) groups is 4. The zero-order chi connectivity index (χ0) is 40.3. The van der Waals surface area contributed by atoms with Crippen LogP contribution in [0.2, 0.25) is 0 Å². The van der Waals surface area contributed by atoms with Crippen LogP contribution in [0.3, 0.4) is 0 Å². The molecule has 2 aromatic carbocycles. The molecule has 52 heavy (non-hydrogen) atoms. The first kappa shape index (κ1) is 45.8. The van der Waals surface area contributed by atoms with E-state index < -0.39 is 30.3 Å². The van der Waals surface area contributed by atoms with Gasteiger partial charge in [-0.2, -0.15) is 26.3 Å². The summed E-state index contributed by atoms with van der Waals surface area (Å²) in [7, 11) is 0. The molecular formula is C31H38F6N8O7. The van der Waals surface area contributed by atoms with Gasteiger partial charge in [0.05, 0.1) is 11.9 Å². The Kier molecular flexibility index (Phi) is 19.2. The number of benzene rings is 2. The van der Waals surface area contributed by atoms with Crippen LogP contribution in [0.4, 0.5) is 37.8 Å². The number of nitrogens with zero attached hydrogens (tertiary/aromatic N) is 2. The molecule has 3 aromatic rings. The molecule has 0 atom stereocenters. The van der Waals surface area contributed by atoms with Crippen molar-refractivity contribution in [3.63, 3.8) is 0 Å². The second-order valence-electron chi connectivity index (χ2n) is 10.7. The minimum atomic E-state index is -5.08. The molecule has 0 spiro atoms. The number of amides is 2. The minimum Gasteiger partial charge on any atom is -0.483 e. The number of anilines is 2. The number of carboxylic acids is 1. The van der Waals surface area contributed by atoms with Gasteiger partial charge in [-0.25, -0.2) is 9.78 Å². The van der Waals surface area contributed by atoms with Gasteiger partial charge in [-0.15, -0.1) is 0 Å². The molecule has 0 aliphatic heterocycles. The predicted molar refractivity (Wildman–Crippen MR) is 179 cm³/mol. The third-order valence-corrected chi connectivity index (χ3v) is 5.71. The molecule has 0 saturated carbocycles. The van der Waals surface area contributed by atoms with E-state index in [-0.39, 0.29) is 49.2 Å². The first-order valence-corrected chi connectivity index (χ1v) is 14.6. The number of amidine groups is 1. The Balaban J connectivity index is 0.00000158. The van der Waals surface area contributed by atoms with Gasteiger partial charge in [0.1, 0.15) is 12.4 Å². The van der Waals surface area contributed by atoms with Gasteiger partial charge in [0.2, 0.25) is 5.91 Å². The molecule has 3 rings (SSSR count). The highest BCUT2D eigenvalue weighted by molar-refractivity contribution is 5.97. The summed E-state index contributed by atoms with van der Waals surface area (Å²) in [5.74, 6) is -3.39. The van der Waals surface area contributed by atoms with E-state index in [4.69, 9.17) is 36.7 Å². The Morgan fingerprint density at radius 1 is 1.00 bits per heavy atom. The van der Waals surface area contributed by atoms with Crippen LogP contribution in [0.15, 0.2) is 53.5 Å². The fourth-order valence-electron chi connectivity index (χ4n) is 3.73.